The van der Waals surface area contributed by atoms with E-state index in [-0.39, 0.29) is 12.3 Å². The van der Waals surface area contributed by atoms with Crippen LogP contribution < -0.4 is 10.2 Å². The van der Waals surface area contributed by atoms with E-state index in [9.17, 15) is 14.9 Å². The Morgan fingerprint density at radius 2 is 2.04 bits per heavy atom. The Morgan fingerprint density at radius 1 is 1.28 bits per heavy atom. The van der Waals surface area contributed by atoms with E-state index in [0.717, 1.165) is 11.1 Å². The number of amides is 1. The molecule has 0 heterocycles. The Morgan fingerprint density at radius 3 is 2.72 bits per heavy atom. The minimum atomic E-state index is -0.503. The topological polar surface area (TPSA) is 93.8 Å². The quantitative estimate of drug-likeness (QED) is 0.451. The SMILES string of the molecule is Cc1ccc(OCC(=O)NN=Cc2ccc(Br)c([N+](=O)[O-])c2)cc1C. The molecule has 130 valence electrons. The Kier molecular flexibility index (Phi) is 6.24. The number of aryl methyl sites for hydroxylation is 2. The van der Waals surface area contributed by atoms with Crippen LogP contribution in [0.5, 0.6) is 5.75 Å². The maximum absolute atomic E-state index is 11.7. The molecule has 2 aromatic rings. The molecule has 1 amide bonds. The van der Waals surface area contributed by atoms with Crippen molar-refractivity contribution in [2.45, 2.75) is 13.8 Å². The van der Waals surface area contributed by atoms with E-state index in [2.05, 4.69) is 26.5 Å². The highest BCUT2D eigenvalue weighted by Gasteiger charge is 2.11. The van der Waals surface area contributed by atoms with Crippen molar-refractivity contribution >= 4 is 33.7 Å². The Hall–Kier alpha value is -2.74. The predicted molar refractivity (Wildman–Crippen MR) is 97.9 cm³/mol. The van der Waals surface area contributed by atoms with Gasteiger partial charge in [-0.2, -0.15) is 5.10 Å². The third-order valence-corrected chi connectivity index (χ3v) is 4.09. The molecule has 0 aliphatic heterocycles. The summed E-state index contributed by atoms with van der Waals surface area (Å²) in [6, 6.07) is 10.1. The molecule has 0 saturated heterocycles. The molecule has 2 rings (SSSR count). The fourth-order valence-electron chi connectivity index (χ4n) is 1.91. The van der Waals surface area contributed by atoms with E-state index >= 15 is 0 Å². The Balaban J connectivity index is 1.89. The molecule has 0 fully saturated rings. The van der Waals surface area contributed by atoms with Gasteiger partial charge in [-0.05, 0) is 59.1 Å². The van der Waals surface area contributed by atoms with Crippen LogP contribution in [0.4, 0.5) is 5.69 Å². The van der Waals surface area contributed by atoms with E-state index < -0.39 is 10.8 Å². The number of nitro benzene ring substituents is 1. The summed E-state index contributed by atoms with van der Waals surface area (Å²) in [4.78, 5) is 22.1. The van der Waals surface area contributed by atoms with Gasteiger partial charge >= 0.3 is 0 Å². The van der Waals surface area contributed by atoms with E-state index in [1.54, 1.807) is 18.2 Å². The van der Waals surface area contributed by atoms with Crippen LogP contribution in [-0.4, -0.2) is 23.7 Å². The molecule has 0 radical (unpaired) electrons. The number of carbonyl (C=O) groups is 1. The fraction of sp³-hybridized carbons (Fsp3) is 0.176. The molecule has 8 heteroatoms. The van der Waals surface area contributed by atoms with Gasteiger partial charge in [-0.1, -0.05) is 12.1 Å². The molecule has 0 aromatic heterocycles. The number of benzene rings is 2. The average molecular weight is 406 g/mol. The molecule has 0 bridgehead atoms. The third kappa shape index (κ3) is 5.39. The van der Waals surface area contributed by atoms with Crippen molar-refractivity contribution in [3.63, 3.8) is 0 Å². The van der Waals surface area contributed by atoms with Crippen molar-refractivity contribution in [2.24, 2.45) is 5.10 Å². The van der Waals surface area contributed by atoms with E-state index in [1.165, 1.54) is 12.3 Å². The van der Waals surface area contributed by atoms with Crippen molar-refractivity contribution in [2.75, 3.05) is 6.61 Å². The molecule has 0 aliphatic rings. The number of halogens is 1. The van der Waals surface area contributed by atoms with Gasteiger partial charge in [-0.15, -0.1) is 0 Å². The summed E-state index contributed by atoms with van der Waals surface area (Å²) in [6.07, 6.45) is 1.33. The summed E-state index contributed by atoms with van der Waals surface area (Å²) in [5, 5.41) is 14.6. The molecule has 0 atom stereocenters. The van der Waals surface area contributed by atoms with Crippen LogP contribution >= 0.6 is 15.9 Å². The van der Waals surface area contributed by atoms with Crippen molar-refractivity contribution in [3.05, 3.63) is 67.7 Å². The number of rotatable bonds is 6. The maximum atomic E-state index is 11.7. The summed E-state index contributed by atoms with van der Waals surface area (Å²) >= 11 is 3.10. The Labute approximate surface area is 153 Å². The number of carbonyl (C=O) groups excluding carboxylic acids is 1. The second kappa shape index (κ2) is 8.39. The molecule has 7 nitrogen and oxygen atoms in total. The highest BCUT2D eigenvalue weighted by molar-refractivity contribution is 9.10. The molecule has 1 N–H and O–H groups in total. The molecule has 2 aromatic carbocycles. The first kappa shape index (κ1) is 18.6. The van der Waals surface area contributed by atoms with Gasteiger partial charge in [0.2, 0.25) is 0 Å². The molecular weight excluding hydrogens is 390 g/mol. The van der Waals surface area contributed by atoms with Gasteiger partial charge in [0.15, 0.2) is 6.61 Å². The predicted octanol–water partition coefficient (Wildman–Crippen LogP) is 3.50. The largest absolute Gasteiger partial charge is 0.484 e. The van der Waals surface area contributed by atoms with Gasteiger partial charge in [0.25, 0.3) is 11.6 Å². The third-order valence-electron chi connectivity index (χ3n) is 3.42. The standard InChI is InChI=1S/C17H16BrN3O4/c1-11-3-5-14(7-12(11)2)25-10-17(22)20-19-9-13-4-6-15(18)16(8-13)21(23)24/h3-9H,10H2,1-2H3,(H,20,22). The molecule has 0 spiro atoms. The molecule has 0 saturated carbocycles. The zero-order chi connectivity index (χ0) is 18.4. The first-order chi connectivity index (χ1) is 11.9. The summed E-state index contributed by atoms with van der Waals surface area (Å²) in [7, 11) is 0. The lowest BCUT2D eigenvalue weighted by Gasteiger charge is -2.07. The number of hydrogen-bond acceptors (Lipinski definition) is 5. The van der Waals surface area contributed by atoms with Gasteiger partial charge < -0.3 is 4.74 Å². The van der Waals surface area contributed by atoms with Crippen LogP contribution in [0.15, 0.2) is 46.0 Å². The summed E-state index contributed by atoms with van der Waals surface area (Å²) in [6.45, 7) is 3.78. The monoisotopic (exact) mass is 405 g/mol. The minimum absolute atomic E-state index is 0.0756. The number of ether oxygens (including phenoxy) is 1. The van der Waals surface area contributed by atoms with E-state index in [1.807, 2.05) is 26.0 Å². The lowest BCUT2D eigenvalue weighted by atomic mass is 10.1. The lowest BCUT2D eigenvalue weighted by molar-refractivity contribution is -0.385. The van der Waals surface area contributed by atoms with Crippen molar-refractivity contribution in [3.8, 4) is 5.75 Å². The van der Waals surface area contributed by atoms with E-state index in [0.29, 0.717) is 15.8 Å². The maximum Gasteiger partial charge on any atom is 0.284 e. The zero-order valence-corrected chi connectivity index (χ0v) is 15.2. The smallest absolute Gasteiger partial charge is 0.284 e. The normalized spacial score (nSPS) is 10.7. The molecule has 25 heavy (non-hydrogen) atoms. The zero-order valence-electron chi connectivity index (χ0n) is 13.7. The number of nitro groups is 1. The van der Waals surface area contributed by atoms with Gasteiger partial charge in [-0.3, -0.25) is 14.9 Å². The molecular formula is C17H16BrN3O4. The van der Waals surface area contributed by atoms with E-state index in [4.69, 9.17) is 4.74 Å². The minimum Gasteiger partial charge on any atom is -0.484 e. The highest BCUT2D eigenvalue weighted by atomic mass is 79.9. The van der Waals surface area contributed by atoms with Crippen LogP contribution in [0.25, 0.3) is 0 Å². The highest BCUT2D eigenvalue weighted by Crippen LogP contribution is 2.24. The number of nitrogens with one attached hydrogen (secondary N) is 1. The van der Waals surface area contributed by atoms with Crippen LogP contribution in [0.1, 0.15) is 16.7 Å². The average Bonchev–Trinajstić information content (AvgIpc) is 2.57. The lowest BCUT2D eigenvalue weighted by Crippen LogP contribution is -2.24. The van der Waals surface area contributed by atoms with Crippen molar-refractivity contribution in [1.29, 1.82) is 0 Å². The summed E-state index contributed by atoms with van der Waals surface area (Å²) < 4.78 is 5.77. The summed E-state index contributed by atoms with van der Waals surface area (Å²) in [5.41, 5.74) is 4.95. The second-order valence-electron chi connectivity index (χ2n) is 5.30. The van der Waals surface area contributed by atoms with Gasteiger partial charge in [0.1, 0.15) is 5.75 Å². The van der Waals surface area contributed by atoms with Crippen molar-refractivity contribution in [1.82, 2.24) is 5.43 Å². The van der Waals surface area contributed by atoms with Crippen molar-refractivity contribution < 1.29 is 14.5 Å². The van der Waals surface area contributed by atoms with Crippen LogP contribution in [0.2, 0.25) is 0 Å². The Bertz CT molecular complexity index is 837. The molecule has 0 unspecified atom stereocenters. The number of hydrazone groups is 1. The van der Waals surface area contributed by atoms with Crippen LogP contribution in [-0.2, 0) is 4.79 Å². The van der Waals surface area contributed by atoms with Gasteiger partial charge in [0.05, 0.1) is 15.6 Å². The molecule has 0 aliphatic carbocycles. The summed E-state index contributed by atoms with van der Waals surface area (Å²) in [5.74, 6) is 0.173. The number of nitrogens with zero attached hydrogens (tertiary/aromatic N) is 2. The van der Waals surface area contributed by atoms with Crippen LogP contribution in [0, 0.1) is 24.0 Å². The number of hydrogen-bond donors (Lipinski definition) is 1. The second-order valence-corrected chi connectivity index (χ2v) is 6.15. The first-order valence-electron chi connectivity index (χ1n) is 7.32. The first-order valence-corrected chi connectivity index (χ1v) is 8.12. The van der Waals surface area contributed by atoms with Gasteiger partial charge in [0, 0.05) is 11.6 Å². The fourth-order valence-corrected chi connectivity index (χ4v) is 2.30. The van der Waals surface area contributed by atoms with Crippen LogP contribution in [0.3, 0.4) is 0 Å². The van der Waals surface area contributed by atoms with Gasteiger partial charge in [-0.25, -0.2) is 5.43 Å².